The first kappa shape index (κ1) is 21.9. The van der Waals surface area contributed by atoms with E-state index >= 15 is 0 Å². The number of likely N-dealkylation sites (tertiary alicyclic amines) is 1. The summed E-state index contributed by atoms with van der Waals surface area (Å²) in [5.74, 6) is -1.71. The minimum atomic E-state index is -1.09. The smallest absolute Gasteiger partial charge is 0.550 e. The van der Waals surface area contributed by atoms with Crippen molar-refractivity contribution in [2.75, 3.05) is 13.1 Å². The van der Waals surface area contributed by atoms with E-state index in [0.29, 0.717) is 13.1 Å². The average molecular weight is 319 g/mol. The molecule has 0 bridgehead atoms. The largest absolute Gasteiger partial charge is 1.00 e. The van der Waals surface area contributed by atoms with Crippen molar-refractivity contribution in [3.63, 3.8) is 0 Å². The van der Waals surface area contributed by atoms with E-state index in [1.54, 1.807) is 4.90 Å². The maximum atomic E-state index is 11.6. The van der Waals surface area contributed by atoms with E-state index in [0.717, 1.165) is 12.8 Å². The second kappa shape index (κ2) is 13.4. The molecule has 122 valence electrons. The summed E-state index contributed by atoms with van der Waals surface area (Å²) in [5, 5.41) is 10.7. The van der Waals surface area contributed by atoms with Gasteiger partial charge in [0.1, 0.15) is 0 Å². The van der Waals surface area contributed by atoms with Crippen LogP contribution in [-0.2, 0) is 9.59 Å². The fourth-order valence-corrected chi connectivity index (χ4v) is 2.94. The van der Waals surface area contributed by atoms with Gasteiger partial charge in [-0.2, -0.15) is 0 Å². The minimum absolute atomic E-state index is 0. The quantitative estimate of drug-likeness (QED) is 0.360. The number of carbonyl (C=O) groups is 2. The van der Waals surface area contributed by atoms with Gasteiger partial charge in [-0.05, 0) is 6.42 Å². The van der Waals surface area contributed by atoms with Gasteiger partial charge >= 0.3 is 29.6 Å². The van der Waals surface area contributed by atoms with E-state index in [2.05, 4.69) is 6.92 Å². The molecule has 22 heavy (non-hydrogen) atoms. The predicted molar refractivity (Wildman–Crippen MR) is 81.5 cm³/mol. The summed E-state index contributed by atoms with van der Waals surface area (Å²) in [4.78, 5) is 24.0. The Balaban J connectivity index is 0.00000441. The standard InChI is InChI=1S/C17H31NO3.Na/c1-2-3-4-5-6-7-8-9-10-11-12-18-14-15(17(20)21)13-16(18)19;/h15H,2-14H2,1H3,(H,20,21);/q;+1/p-1. The summed E-state index contributed by atoms with van der Waals surface area (Å²) >= 11 is 0. The number of carboxylic acids is 1. The maximum Gasteiger partial charge on any atom is 1.00 e. The van der Waals surface area contributed by atoms with Gasteiger partial charge in [0.05, 0.1) is 0 Å². The van der Waals surface area contributed by atoms with Crippen LogP contribution in [0.4, 0.5) is 0 Å². The molecule has 1 unspecified atom stereocenters. The molecule has 1 saturated heterocycles. The van der Waals surface area contributed by atoms with Crippen molar-refractivity contribution in [2.24, 2.45) is 5.92 Å². The topological polar surface area (TPSA) is 60.4 Å². The minimum Gasteiger partial charge on any atom is -0.550 e. The van der Waals surface area contributed by atoms with E-state index in [1.807, 2.05) is 0 Å². The van der Waals surface area contributed by atoms with Crippen molar-refractivity contribution in [1.29, 1.82) is 0 Å². The maximum absolute atomic E-state index is 11.6. The molecule has 0 radical (unpaired) electrons. The molecule has 0 aliphatic carbocycles. The van der Waals surface area contributed by atoms with Gasteiger partial charge in [-0.3, -0.25) is 4.79 Å². The molecule has 5 heteroatoms. The number of nitrogens with zero attached hydrogens (tertiary/aromatic N) is 1. The molecule has 1 rings (SSSR count). The molecule has 1 atom stereocenters. The van der Waals surface area contributed by atoms with Crippen LogP contribution in [0.25, 0.3) is 0 Å². The third-order valence-corrected chi connectivity index (χ3v) is 4.33. The molecule has 1 heterocycles. The van der Waals surface area contributed by atoms with Gasteiger partial charge in [0.25, 0.3) is 0 Å². The van der Waals surface area contributed by atoms with E-state index in [-0.39, 0.29) is 41.9 Å². The first-order valence-corrected chi connectivity index (χ1v) is 8.63. The van der Waals surface area contributed by atoms with Crippen LogP contribution in [0.3, 0.4) is 0 Å². The molecular weight excluding hydrogens is 289 g/mol. The summed E-state index contributed by atoms with van der Waals surface area (Å²) < 4.78 is 0. The van der Waals surface area contributed by atoms with E-state index in [1.165, 1.54) is 51.4 Å². The van der Waals surface area contributed by atoms with Gasteiger partial charge in [0.2, 0.25) is 5.91 Å². The molecule has 0 N–H and O–H groups in total. The van der Waals surface area contributed by atoms with Gasteiger partial charge in [0.15, 0.2) is 0 Å². The first-order chi connectivity index (χ1) is 10.1. The Morgan fingerprint density at radius 3 is 2.00 bits per heavy atom. The molecule has 4 nitrogen and oxygen atoms in total. The third-order valence-electron chi connectivity index (χ3n) is 4.33. The molecule has 0 aromatic heterocycles. The number of carboxylic acid groups (broad SMARTS) is 1. The molecule has 0 aromatic carbocycles. The number of amides is 1. The second-order valence-corrected chi connectivity index (χ2v) is 6.24. The van der Waals surface area contributed by atoms with Gasteiger partial charge in [-0.1, -0.05) is 64.7 Å². The summed E-state index contributed by atoms with van der Waals surface area (Å²) in [6.07, 6.45) is 12.8. The van der Waals surface area contributed by atoms with E-state index in [9.17, 15) is 14.7 Å². The molecule has 1 aliphatic heterocycles. The molecule has 1 fully saturated rings. The van der Waals surface area contributed by atoms with E-state index < -0.39 is 11.9 Å². The summed E-state index contributed by atoms with van der Waals surface area (Å²) in [6.45, 7) is 3.29. The fourth-order valence-electron chi connectivity index (χ4n) is 2.94. The van der Waals surface area contributed by atoms with Gasteiger partial charge < -0.3 is 14.8 Å². The molecule has 0 spiro atoms. The zero-order valence-electron chi connectivity index (χ0n) is 14.4. The van der Waals surface area contributed by atoms with Gasteiger partial charge in [0, 0.05) is 31.4 Å². The molecule has 1 amide bonds. The Hall–Kier alpha value is -0.0600. The Labute approximate surface area is 157 Å². The zero-order chi connectivity index (χ0) is 15.5. The number of hydrogen-bond donors (Lipinski definition) is 0. The van der Waals surface area contributed by atoms with Gasteiger partial charge in [-0.25, -0.2) is 0 Å². The predicted octanol–water partition coefficient (Wildman–Crippen LogP) is -0.490. The number of rotatable bonds is 12. The molecular formula is C17H30NNaO3. The van der Waals surface area contributed by atoms with Crippen molar-refractivity contribution in [3.8, 4) is 0 Å². The average Bonchev–Trinajstić information content (AvgIpc) is 2.82. The molecule has 0 aromatic rings. The number of aliphatic carboxylic acids is 1. The van der Waals surface area contributed by atoms with Crippen LogP contribution >= 0.6 is 0 Å². The van der Waals surface area contributed by atoms with Crippen LogP contribution in [0.2, 0.25) is 0 Å². The summed E-state index contributed by atoms with van der Waals surface area (Å²) in [7, 11) is 0. The normalized spacial score (nSPS) is 17.6. The first-order valence-electron chi connectivity index (χ1n) is 8.63. The van der Waals surface area contributed by atoms with Crippen molar-refractivity contribution >= 4 is 11.9 Å². The van der Waals surface area contributed by atoms with Crippen molar-refractivity contribution in [1.82, 2.24) is 4.90 Å². The molecule has 1 aliphatic rings. The van der Waals surface area contributed by atoms with Crippen molar-refractivity contribution in [2.45, 2.75) is 77.6 Å². The Morgan fingerprint density at radius 1 is 1.05 bits per heavy atom. The van der Waals surface area contributed by atoms with Crippen LogP contribution in [0.1, 0.15) is 77.6 Å². The second-order valence-electron chi connectivity index (χ2n) is 6.24. The van der Waals surface area contributed by atoms with Crippen LogP contribution in [0, 0.1) is 5.92 Å². The van der Waals surface area contributed by atoms with E-state index in [4.69, 9.17) is 0 Å². The van der Waals surface area contributed by atoms with Crippen LogP contribution in [0.15, 0.2) is 0 Å². The SMILES string of the molecule is CCCCCCCCCCCCN1CC(C(=O)[O-])CC1=O.[Na+]. The fraction of sp³-hybridized carbons (Fsp3) is 0.882. The number of hydrogen-bond acceptors (Lipinski definition) is 3. The third kappa shape index (κ3) is 9.16. The molecule has 0 saturated carbocycles. The van der Waals surface area contributed by atoms with Crippen molar-refractivity contribution < 1.29 is 44.3 Å². The van der Waals surface area contributed by atoms with Crippen molar-refractivity contribution in [3.05, 3.63) is 0 Å². The summed E-state index contributed by atoms with van der Waals surface area (Å²) in [5.41, 5.74) is 0. The summed E-state index contributed by atoms with van der Waals surface area (Å²) in [6, 6.07) is 0. The Bertz CT molecular complexity index is 323. The van der Waals surface area contributed by atoms with Crippen LogP contribution in [-0.4, -0.2) is 29.9 Å². The number of unbranched alkanes of at least 4 members (excludes halogenated alkanes) is 9. The number of carbonyl (C=O) groups excluding carboxylic acids is 2. The van der Waals surface area contributed by atoms with Crippen LogP contribution in [0.5, 0.6) is 0 Å². The monoisotopic (exact) mass is 319 g/mol. The Kier molecular flexibility index (Phi) is 13.3. The van der Waals surface area contributed by atoms with Crippen LogP contribution < -0.4 is 34.7 Å². The zero-order valence-corrected chi connectivity index (χ0v) is 16.4. The van der Waals surface area contributed by atoms with Gasteiger partial charge in [-0.15, -0.1) is 0 Å². The Morgan fingerprint density at radius 2 is 1.55 bits per heavy atom.